The molecule has 0 atom stereocenters. The standard InChI is InChI=1S/C14H10N2O4.Na.H/c17-13(18)9-1-5-11(6-2-9)15-16-12-7-3-10(4-8-12)14(19)20;;/h1-8H,(H,17,18)(H,19,20);;/b16-15-;;. The van der Waals surface area contributed by atoms with Crippen molar-refractivity contribution >= 4 is 52.9 Å². The maximum atomic E-state index is 10.7. The van der Waals surface area contributed by atoms with Crippen LogP contribution in [-0.2, 0) is 0 Å². The first kappa shape index (κ1) is 17.0. The molecule has 0 aromatic heterocycles. The summed E-state index contributed by atoms with van der Waals surface area (Å²) in [7, 11) is 0. The average molecular weight is 294 g/mol. The van der Waals surface area contributed by atoms with Gasteiger partial charge in [0, 0.05) is 0 Å². The van der Waals surface area contributed by atoms with Crippen LogP contribution in [0.15, 0.2) is 58.8 Å². The SMILES string of the molecule is O=C(O)c1ccc(/N=N\c2ccc(C(=O)O)cc2)cc1.[NaH]. The van der Waals surface area contributed by atoms with Crippen LogP contribution in [0.2, 0.25) is 0 Å². The second-order valence-electron chi connectivity index (χ2n) is 3.90. The second-order valence-corrected chi connectivity index (χ2v) is 3.90. The molecule has 102 valence electrons. The summed E-state index contributed by atoms with van der Waals surface area (Å²) < 4.78 is 0. The number of azo groups is 1. The van der Waals surface area contributed by atoms with E-state index in [-0.39, 0.29) is 40.7 Å². The second kappa shape index (κ2) is 7.68. The first-order valence-electron chi connectivity index (χ1n) is 5.65. The van der Waals surface area contributed by atoms with Crippen molar-refractivity contribution in [3.05, 3.63) is 59.7 Å². The van der Waals surface area contributed by atoms with Gasteiger partial charge in [-0.2, -0.15) is 10.2 Å². The molecule has 0 amide bonds. The van der Waals surface area contributed by atoms with Crippen molar-refractivity contribution in [1.82, 2.24) is 0 Å². The van der Waals surface area contributed by atoms with Crippen LogP contribution in [-0.4, -0.2) is 51.7 Å². The number of nitrogens with zero attached hydrogens (tertiary/aromatic N) is 2. The van der Waals surface area contributed by atoms with E-state index in [2.05, 4.69) is 10.2 Å². The summed E-state index contributed by atoms with van der Waals surface area (Å²) in [6.07, 6.45) is 0. The Morgan fingerprint density at radius 3 is 1.19 bits per heavy atom. The monoisotopic (exact) mass is 294 g/mol. The molecule has 6 nitrogen and oxygen atoms in total. The third-order valence-corrected chi connectivity index (χ3v) is 2.51. The number of aromatic carboxylic acids is 2. The minimum atomic E-state index is -1.00. The summed E-state index contributed by atoms with van der Waals surface area (Å²) in [4.78, 5) is 21.4. The first-order valence-corrected chi connectivity index (χ1v) is 5.65. The van der Waals surface area contributed by atoms with Gasteiger partial charge in [0.25, 0.3) is 0 Å². The molecule has 0 unspecified atom stereocenters. The maximum absolute atomic E-state index is 10.7. The Hall–Kier alpha value is -2.02. The van der Waals surface area contributed by atoms with Crippen molar-refractivity contribution in [3.8, 4) is 0 Å². The Morgan fingerprint density at radius 1 is 0.667 bits per heavy atom. The topological polar surface area (TPSA) is 99.3 Å². The number of hydrogen-bond donors (Lipinski definition) is 2. The number of carboxylic acid groups (broad SMARTS) is 2. The molecule has 2 aromatic rings. The fourth-order valence-corrected chi connectivity index (χ4v) is 1.46. The molecule has 21 heavy (non-hydrogen) atoms. The molecule has 0 saturated heterocycles. The molecule has 0 bridgehead atoms. The predicted octanol–water partition coefficient (Wildman–Crippen LogP) is 2.85. The average Bonchev–Trinajstić information content (AvgIpc) is 2.46. The fraction of sp³-hybridized carbons (Fsp3) is 0. The minimum absolute atomic E-state index is 0. The van der Waals surface area contributed by atoms with Crippen molar-refractivity contribution < 1.29 is 19.8 Å². The van der Waals surface area contributed by atoms with Gasteiger partial charge in [-0.15, -0.1) is 0 Å². The molecule has 0 aliphatic rings. The van der Waals surface area contributed by atoms with E-state index in [1.807, 2.05) is 0 Å². The van der Waals surface area contributed by atoms with E-state index in [0.717, 1.165) is 0 Å². The Balaban J connectivity index is 0.00000220. The van der Waals surface area contributed by atoms with Gasteiger partial charge in [-0.25, -0.2) is 9.59 Å². The molecule has 0 spiro atoms. The molecule has 0 heterocycles. The van der Waals surface area contributed by atoms with Crippen LogP contribution in [0.4, 0.5) is 11.4 Å². The molecule has 0 radical (unpaired) electrons. The van der Waals surface area contributed by atoms with E-state index in [1.54, 1.807) is 24.3 Å². The van der Waals surface area contributed by atoms with Crippen molar-refractivity contribution in [2.24, 2.45) is 10.2 Å². The predicted molar refractivity (Wildman–Crippen MR) is 78.1 cm³/mol. The normalized spacial score (nSPS) is 10.1. The molecule has 0 aliphatic heterocycles. The Bertz CT molecular complexity index is 607. The van der Waals surface area contributed by atoms with Crippen molar-refractivity contribution in [3.63, 3.8) is 0 Å². The van der Waals surface area contributed by atoms with Gasteiger partial charge in [0.1, 0.15) is 0 Å². The van der Waals surface area contributed by atoms with E-state index in [4.69, 9.17) is 10.2 Å². The van der Waals surface area contributed by atoms with Crippen LogP contribution in [0, 0.1) is 0 Å². The number of carbonyl (C=O) groups is 2. The molecule has 0 saturated carbocycles. The molecule has 2 N–H and O–H groups in total. The number of rotatable bonds is 4. The Labute approximate surface area is 142 Å². The number of benzene rings is 2. The fourth-order valence-electron chi connectivity index (χ4n) is 1.46. The van der Waals surface area contributed by atoms with Gasteiger partial charge in [-0.05, 0) is 48.5 Å². The summed E-state index contributed by atoms with van der Waals surface area (Å²) in [5.41, 5.74) is 1.37. The van der Waals surface area contributed by atoms with Crippen molar-refractivity contribution in [2.75, 3.05) is 0 Å². The van der Waals surface area contributed by atoms with E-state index in [1.165, 1.54) is 24.3 Å². The van der Waals surface area contributed by atoms with Gasteiger partial charge in [0.05, 0.1) is 22.5 Å². The van der Waals surface area contributed by atoms with Gasteiger partial charge in [0.15, 0.2) is 0 Å². The molecule has 0 aliphatic carbocycles. The molecule has 0 fully saturated rings. The van der Waals surface area contributed by atoms with Crippen LogP contribution in [0.1, 0.15) is 20.7 Å². The zero-order valence-corrected chi connectivity index (χ0v) is 10.2. The number of carboxylic acids is 2. The van der Waals surface area contributed by atoms with E-state index >= 15 is 0 Å². The summed E-state index contributed by atoms with van der Waals surface area (Å²) in [6.45, 7) is 0. The van der Waals surface area contributed by atoms with E-state index in [9.17, 15) is 9.59 Å². The van der Waals surface area contributed by atoms with Gasteiger partial charge >= 0.3 is 41.5 Å². The van der Waals surface area contributed by atoms with Crippen LogP contribution >= 0.6 is 0 Å². The molecule has 2 aromatic carbocycles. The number of hydrogen-bond acceptors (Lipinski definition) is 4. The van der Waals surface area contributed by atoms with Crippen molar-refractivity contribution in [1.29, 1.82) is 0 Å². The molecule has 7 heteroatoms. The third kappa shape index (κ3) is 4.78. The zero-order chi connectivity index (χ0) is 14.5. The van der Waals surface area contributed by atoms with Crippen LogP contribution in [0.3, 0.4) is 0 Å². The van der Waals surface area contributed by atoms with Crippen molar-refractivity contribution in [2.45, 2.75) is 0 Å². The van der Waals surface area contributed by atoms with E-state index < -0.39 is 11.9 Å². The Kier molecular flexibility index (Phi) is 6.23. The van der Waals surface area contributed by atoms with Crippen LogP contribution in [0.25, 0.3) is 0 Å². The summed E-state index contributed by atoms with van der Waals surface area (Å²) in [6, 6.07) is 11.9. The summed E-state index contributed by atoms with van der Waals surface area (Å²) in [5, 5.41) is 25.4. The van der Waals surface area contributed by atoms with Crippen LogP contribution < -0.4 is 0 Å². The van der Waals surface area contributed by atoms with Crippen LogP contribution in [0.5, 0.6) is 0 Å². The van der Waals surface area contributed by atoms with Gasteiger partial charge < -0.3 is 10.2 Å². The molecular formula is C14H11N2NaO4. The van der Waals surface area contributed by atoms with Gasteiger partial charge in [-0.1, -0.05) is 0 Å². The quantitative estimate of drug-likeness (QED) is 0.669. The molecular weight excluding hydrogens is 283 g/mol. The first-order chi connectivity index (χ1) is 9.56. The summed E-state index contributed by atoms with van der Waals surface area (Å²) in [5.74, 6) is -2.00. The molecule has 2 rings (SSSR count). The van der Waals surface area contributed by atoms with Gasteiger partial charge in [-0.3, -0.25) is 0 Å². The zero-order valence-electron chi connectivity index (χ0n) is 10.2. The van der Waals surface area contributed by atoms with Gasteiger partial charge in [0.2, 0.25) is 0 Å². The summed E-state index contributed by atoms with van der Waals surface area (Å²) >= 11 is 0. The third-order valence-electron chi connectivity index (χ3n) is 2.51. The Morgan fingerprint density at radius 2 is 0.952 bits per heavy atom. The van der Waals surface area contributed by atoms with E-state index in [0.29, 0.717) is 11.4 Å².